The molecule has 1 aliphatic rings. The van der Waals surface area contributed by atoms with E-state index in [1.54, 1.807) is 0 Å². The van der Waals surface area contributed by atoms with Crippen LogP contribution in [0, 0.1) is 0 Å². The van der Waals surface area contributed by atoms with Gasteiger partial charge >= 0.3 is 0 Å². The van der Waals surface area contributed by atoms with Gasteiger partial charge in [0.25, 0.3) is 0 Å². The fraction of sp³-hybridized carbons (Fsp3) is 0.571. The second-order valence-electron chi connectivity index (χ2n) is 2.73. The third-order valence-electron chi connectivity index (χ3n) is 1.97. The van der Waals surface area contributed by atoms with Crippen LogP contribution in [-0.2, 0) is 13.1 Å². The van der Waals surface area contributed by atoms with E-state index in [9.17, 15) is 0 Å². The first kappa shape index (κ1) is 6.67. The van der Waals surface area contributed by atoms with Crippen molar-refractivity contribution < 1.29 is 0 Å². The van der Waals surface area contributed by atoms with Crippen molar-refractivity contribution in [3.63, 3.8) is 0 Å². The summed E-state index contributed by atoms with van der Waals surface area (Å²) in [4.78, 5) is 0. The zero-order valence-electron chi connectivity index (χ0n) is 6.38. The first-order valence-corrected chi connectivity index (χ1v) is 3.90. The molecular weight excluding hydrogens is 140 g/mol. The molecule has 0 unspecified atom stereocenters. The Labute approximate surface area is 65.4 Å². The highest BCUT2D eigenvalue weighted by Crippen LogP contribution is 2.17. The summed E-state index contributed by atoms with van der Waals surface area (Å²) in [6.07, 6.45) is 2.99. The zero-order chi connectivity index (χ0) is 7.68. The van der Waals surface area contributed by atoms with Gasteiger partial charge in [-0.25, -0.2) is 4.68 Å². The number of nitrogens with one attached hydrogen (secondary N) is 1. The Hall–Kier alpha value is -1.03. The summed E-state index contributed by atoms with van der Waals surface area (Å²) in [6, 6.07) is 0. The Balaban J connectivity index is 2.38. The molecule has 0 spiro atoms. The van der Waals surface area contributed by atoms with Crippen LogP contribution in [0.3, 0.4) is 0 Å². The highest BCUT2D eigenvalue weighted by atomic mass is 15.3. The van der Waals surface area contributed by atoms with Gasteiger partial charge in [-0.2, -0.15) is 5.10 Å². The molecule has 0 fully saturated rings. The van der Waals surface area contributed by atoms with Gasteiger partial charge in [-0.3, -0.25) is 0 Å². The fourth-order valence-corrected chi connectivity index (χ4v) is 1.38. The summed E-state index contributed by atoms with van der Waals surface area (Å²) in [7, 11) is 0. The molecule has 0 atom stereocenters. The number of fused-ring (bicyclic) bond motifs is 1. The van der Waals surface area contributed by atoms with Crippen LogP contribution in [0.25, 0.3) is 0 Å². The van der Waals surface area contributed by atoms with Crippen LogP contribution in [0.4, 0.5) is 5.82 Å². The average molecular weight is 152 g/mol. The van der Waals surface area contributed by atoms with E-state index in [2.05, 4.69) is 10.4 Å². The minimum Gasteiger partial charge on any atom is -0.370 e. The molecule has 11 heavy (non-hydrogen) atoms. The van der Waals surface area contributed by atoms with Crippen molar-refractivity contribution in [1.82, 2.24) is 9.78 Å². The third kappa shape index (κ3) is 0.991. The van der Waals surface area contributed by atoms with Crippen LogP contribution < -0.4 is 11.1 Å². The number of hydrogen-bond acceptors (Lipinski definition) is 3. The molecular formula is C7H12N4. The SMILES string of the molecule is NCc1cnn2c1NCCC2. The van der Waals surface area contributed by atoms with Gasteiger partial charge in [-0.1, -0.05) is 0 Å². The van der Waals surface area contributed by atoms with E-state index in [0.29, 0.717) is 6.54 Å². The minimum atomic E-state index is 0.572. The molecule has 0 saturated heterocycles. The number of hydrogen-bond donors (Lipinski definition) is 2. The quantitative estimate of drug-likeness (QED) is 0.602. The first-order valence-electron chi connectivity index (χ1n) is 3.90. The molecule has 2 rings (SSSR count). The highest BCUT2D eigenvalue weighted by Gasteiger charge is 2.11. The summed E-state index contributed by atoms with van der Waals surface area (Å²) in [5.74, 6) is 1.11. The first-order chi connectivity index (χ1) is 5.42. The van der Waals surface area contributed by atoms with Crippen molar-refractivity contribution in [2.24, 2.45) is 5.73 Å². The maximum atomic E-state index is 5.53. The molecule has 1 aliphatic heterocycles. The van der Waals surface area contributed by atoms with Crippen LogP contribution in [0.15, 0.2) is 6.20 Å². The Morgan fingerprint density at radius 2 is 2.64 bits per heavy atom. The predicted molar refractivity (Wildman–Crippen MR) is 43.2 cm³/mol. The molecule has 3 N–H and O–H groups in total. The van der Waals surface area contributed by atoms with Crippen molar-refractivity contribution in [2.45, 2.75) is 19.5 Å². The summed E-state index contributed by atoms with van der Waals surface area (Å²) < 4.78 is 1.98. The average Bonchev–Trinajstić information content (AvgIpc) is 2.47. The summed E-state index contributed by atoms with van der Waals surface area (Å²) in [5.41, 5.74) is 6.64. The second kappa shape index (κ2) is 2.54. The smallest absolute Gasteiger partial charge is 0.128 e. The molecule has 1 aromatic rings. The molecule has 0 bridgehead atoms. The van der Waals surface area contributed by atoms with E-state index in [-0.39, 0.29) is 0 Å². The lowest BCUT2D eigenvalue weighted by atomic mass is 10.3. The van der Waals surface area contributed by atoms with Crippen molar-refractivity contribution in [1.29, 1.82) is 0 Å². The minimum absolute atomic E-state index is 0.572. The normalized spacial score (nSPS) is 15.7. The molecule has 0 aliphatic carbocycles. The second-order valence-corrected chi connectivity index (χ2v) is 2.73. The van der Waals surface area contributed by atoms with Crippen molar-refractivity contribution in [3.05, 3.63) is 11.8 Å². The third-order valence-corrected chi connectivity index (χ3v) is 1.97. The van der Waals surface area contributed by atoms with Gasteiger partial charge < -0.3 is 11.1 Å². The van der Waals surface area contributed by atoms with Crippen LogP contribution in [0.1, 0.15) is 12.0 Å². The maximum Gasteiger partial charge on any atom is 0.128 e. The number of aryl methyl sites for hydroxylation is 1. The van der Waals surface area contributed by atoms with Gasteiger partial charge in [0, 0.05) is 25.2 Å². The topological polar surface area (TPSA) is 55.9 Å². The number of aromatic nitrogens is 2. The van der Waals surface area contributed by atoms with Gasteiger partial charge in [-0.15, -0.1) is 0 Å². The van der Waals surface area contributed by atoms with Crippen LogP contribution in [-0.4, -0.2) is 16.3 Å². The van der Waals surface area contributed by atoms with E-state index < -0.39 is 0 Å². The molecule has 0 aromatic carbocycles. The van der Waals surface area contributed by atoms with Gasteiger partial charge in [0.2, 0.25) is 0 Å². The summed E-state index contributed by atoms with van der Waals surface area (Å²) >= 11 is 0. The van der Waals surface area contributed by atoms with Crippen molar-refractivity contribution in [3.8, 4) is 0 Å². The number of nitrogens with zero attached hydrogens (tertiary/aromatic N) is 2. The Morgan fingerprint density at radius 3 is 3.45 bits per heavy atom. The lowest BCUT2D eigenvalue weighted by molar-refractivity contribution is 0.567. The van der Waals surface area contributed by atoms with Gasteiger partial charge in [0.1, 0.15) is 5.82 Å². The van der Waals surface area contributed by atoms with Crippen molar-refractivity contribution in [2.75, 3.05) is 11.9 Å². The lowest BCUT2D eigenvalue weighted by Crippen LogP contribution is -2.18. The standard InChI is InChI=1S/C7H12N4/c8-4-6-5-10-11-3-1-2-9-7(6)11/h5,9H,1-4,8H2. The molecule has 4 heteroatoms. The monoisotopic (exact) mass is 152 g/mol. The number of rotatable bonds is 1. The molecule has 1 aromatic heterocycles. The summed E-state index contributed by atoms with van der Waals surface area (Å²) in [5, 5.41) is 7.48. The van der Waals surface area contributed by atoms with Crippen LogP contribution >= 0.6 is 0 Å². The van der Waals surface area contributed by atoms with Crippen LogP contribution in [0.2, 0.25) is 0 Å². The zero-order valence-corrected chi connectivity index (χ0v) is 6.38. The molecule has 2 heterocycles. The Kier molecular flexibility index (Phi) is 1.54. The summed E-state index contributed by atoms with van der Waals surface area (Å²) in [6.45, 7) is 2.63. The number of anilines is 1. The van der Waals surface area contributed by atoms with Crippen LogP contribution in [0.5, 0.6) is 0 Å². The van der Waals surface area contributed by atoms with E-state index >= 15 is 0 Å². The van der Waals surface area contributed by atoms with Gasteiger partial charge in [0.05, 0.1) is 6.20 Å². The van der Waals surface area contributed by atoms with E-state index in [0.717, 1.165) is 30.9 Å². The molecule has 60 valence electrons. The van der Waals surface area contributed by atoms with E-state index in [4.69, 9.17) is 5.73 Å². The molecule has 4 nitrogen and oxygen atoms in total. The Morgan fingerprint density at radius 1 is 1.73 bits per heavy atom. The Bertz CT molecular complexity index is 239. The van der Waals surface area contributed by atoms with E-state index in [1.807, 2.05) is 10.9 Å². The van der Waals surface area contributed by atoms with Gasteiger partial charge in [-0.05, 0) is 6.42 Å². The number of nitrogens with two attached hydrogens (primary N) is 1. The van der Waals surface area contributed by atoms with E-state index in [1.165, 1.54) is 0 Å². The fourth-order valence-electron chi connectivity index (χ4n) is 1.38. The van der Waals surface area contributed by atoms with Crippen molar-refractivity contribution >= 4 is 5.82 Å². The lowest BCUT2D eigenvalue weighted by Gasteiger charge is -2.16. The molecule has 0 saturated carbocycles. The maximum absolute atomic E-state index is 5.53. The molecule has 0 radical (unpaired) electrons. The van der Waals surface area contributed by atoms with Gasteiger partial charge in [0.15, 0.2) is 0 Å². The predicted octanol–water partition coefficient (Wildman–Crippen LogP) is 0.157. The highest BCUT2D eigenvalue weighted by molar-refractivity contribution is 5.44. The molecule has 0 amide bonds. The largest absolute Gasteiger partial charge is 0.370 e.